The molecular formula is C13H21N3O. The molecule has 0 aliphatic carbocycles. The molecule has 1 fully saturated rings. The highest BCUT2D eigenvalue weighted by Gasteiger charge is 2.27. The van der Waals surface area contributed by atoms with E-state index in [0.717, 1.165) is 25.9 Å². The second kappa shape index (κ2) is 5.00. The molecular weight excluding hydrogens is 214 g/mol. The second-order valence-corrected chi connectivity index (χ2v) is 5.52. The van der Waals surface area contributed by atoms with Crippen LogP contribution in [0.25, 0.3) is 0 Å². The Bertz CT molecular complexity index is 339. The molecule has 0 N–H and O–H groups in total. The lowest BCUT2D eigenvalue weighted by molar-refractivity contribution is 0.0470. The fourth-order valence-electron chi connectivity index (χ4n) is 2.16. The molecule has 0 aromatic carbocycles. The van der Waals surface area contributed by atoms with E-state index in [1.807, 2.05) is 0 Å². The molecule has 0 radical (unpaired) electrons. The van der Waals surface area contributed by atoms with Crippen LogP contribution in [0.15, 0.2) is 18.6 Å². The van der Waals surface area contributed by atoms with E-state index in [4.69, 9.17) is 4.74 Å². The monoisotopic (exact) mass is 235 g/mol. The summed E-state index contributed by atoms with van der Waals surface area (Å²) in [5.41, 5.74) is 0.261. The maximum absolute atomic E-state index is 5.82. The minimum atomic E-state index is 0.261. The third-order valence-electron chi connectivity index (χ3n) is 3.22. The molecule has 0 atom stereocenters. The first-order valence-electron chi connectivity index (χ1n) is 6.23. The molecule has 1 aliphatic rings. The van der Waals surface area contributed by atoms with Gasteiger partial charge >= 0.3 is 0 Å². The molecule has 0 spiro atoms. The van der Waals surface area contributed by atoms with Crippen LogP contribution in [0.3, 0.4) is 0 Å². The molecule has 1 aromatic heterocycles. The first-order chi connectivity index (χ1) is 8.05. The summed E-state index contributed by atoms with van der Waals surface area (Å²) in [5, 5.41) is 0. The fraction of sp³-hybridized carbons (Fsp3) is 0.692. The smallest absolute Gasteiger partial charge is 0.232 e. The van der Waals surface area contributed by atoms with Crippen LogP contribution >= 0.6 is 0 Å². The second-order valence-electron chi connectivity index (χ2n) is 5.52. The van der Waals surface area contributed by atoms with Crippen LogP contribution in [-0.4, -0.2) is 39.6 Å². The molecule has 4 heteroatoms. The highest BCUT2D eigenvalue weighted by atomic mass is 16.5. The first-order valence-corrected chi connectivity index (χ1v) is 6.23. The van der Waals surface area contributed by atoms with Gasteiger partial charge in [0.1, 0.15) is 6.10 Å². The van der Waals surface area contributed by atoms with Crippen molar-refractivity contribution in [3.8, 4) is 5.88 Å². The van der Waals surface area contributed by atoms with Gasteiger partial charge in [-0.25, -0.2) is 4.98 Å². The van der Waals surface area contributed by atoms with Gasteiger partial charge in [0.2, 0.25) is 5.88 Å². The van der Waals surface area contributed by atoms with Crippen molar-refractivity contribution in [2.24, 2.45) is 0 Å². The average molecular weight is 235 g/mol. The largest absolute Gasteiger partial charge is 0.473 e. The number of ether oxygens (including phenoxy) is 1. The van der Waals surface area contributed by atoms with Crippen LogP contribution in [0.1, 0.15) is 33.6 Å². The SMILES string of the molecule is CC(C)(C)N1CCC(Oc2cnccn2)CC1. The van der Waals surface area contributed by atoms with Crippen molar-refractivity contribution < 1.29 is 4.74 Å². The number of piperidine rings is 1. The Morgan fingerprint density at radius 2 is 1.94 bits per heavy atom. The highest BCUT2D eigenvalue weighted by molar-refractivity contribution is 5.02. The Kier molecular flexibility index (Phi) is 3.62. The molecule has 17 heavy (non-hydrogen) atoms. The molecule has 0 saturated carbocycles. The van der Waals surface area contributed by atoms with E-state index < -0.39 is 0 Å². The predicted octanol–water partition coefficient (Wildman–Crippen LogP) is 2.12. The normalized spacial score (nSPS) is 19.2. The van der Waals surface area contributed by atoms with Crippen molar-refractivity contribution in [1.29, 1.82) is 0 Å². The van der Waals surface area contributed by atoms with E-state index in [2.05, 4.69) is 35.6 Å². The predicted molar refractivity (Wildman–Crippen MR) is 67.0 cm³/mol. The van der Waals surface area contributed by atoms with Crippen LogP contribution in [0.4, 0.5) is 0 Å². The van der Waals surface area contributed by atoms with Gasteiger partial charge in [-0.05, 0) is 33.6 Å². The van der Waals surface area contributed by atoms with Crippen molar-refractivity contribution in [3.05, 3.63) is 18.6 Å². The van der Waals surface area contributed by atoms with Gasteiger partial charge in [-0.1, -0.05) is 0 Å². The lowest BCUT2D eigenvalue weighted by atomic mass is 9.99. The summed E-state index contributed by atoms with van der Waals surface area (Å²) in [6.07, 6.45) is 7.41. The summed E-state index contributed by atoms with van der Waals surface area (Å²) >= 11 is 0. The average Bonchev–Trinajstić information content (AvgIpc) is 2.30. The molecule has 1 saturated heterocycles. The van der Waals surface area contributed by atoms with Crippen LogP contribution in [0.2, 0.25) is 0 Å². The third-order valence-corrected chi connectivity index (χ3v) is 3.22. The van der Waals surface area contributed by atoms with E-state index in [9.17, 15) is 0 Å². The minimum Gasteiger partial charge on any atom is -0.473 e. The number of rotatable bonds is 2. The number of hydrogen-bond donors (Lipinski definition) is 0. The number of nitrogens with zero attached hydrogens (tertiary/aromatic N) is 3. The number of hydrogen-bond acceptors (Lipinski definition) is 4. The Morgan fingerprint density at radius 3 is 2.47 bits per heavy atom. The standard InChI is InChI=1S/C13H21N3O/c1-13(2,3)16-8-4-11(5-9-16)17-12-10-14-6-7-15-12/h6-7,10-11H,4-5,8-9H2,1-3H3. The maximum atomic E-state index is 5.82. The van der Waals surface area contributed by atoms with E-state index >= 15 is 0 Å². The van der Waals surface area contributed by atoms with Gasteiger partial charge in [-0.2, -0.15) is 0 Å². The Morgan fingerprint density at radius 1 is 1.24 bits per heavy atom. The molecule has 0 amide bonds. The zero-order valence-corrected chi connectivity index (χ0v) is 10.9. The minimum absolute atomic E-state index is 0.261. The van der Waals surface area contributed by atoms with Crippen LogP contribution in [0.5, 0.6) is 5.88 Å². The van der Waals surface area contributed by atoms with E-state index in [1.165, 1.54) is 0 Å². The molecule has 2 rings (SSSR count). The molecule has 4 nitrogen and oxygen atoms in total. The van der Waals surface area contributed by atoms with E-state index in [-0.39, 0.29) is 11.6 Å². The van der Waals surface area contributed by atoms with Gasteiger partial charge in [0.05, 0.1) is 6.20 Å². The summed E-state index contributed by atoms with van der Waals surface area (Å²) in [7, 11) is 0. The van der Waals surface area contributed by atoms with Crippen LogP contribution in [-0.2, 0) is 0 Å². The quantitative estimate of drug-likeness (QED) is 0.787. The lowest BCUT2D eigenvalue weighted by Crippen LogP contribution is -2.48. The van der Waals surface area contributed by atoms with Crippen LogP contribution in [0, 0.1) is 0 Å². The topological polar surface area (TPSA) is 38.2 Å². The summed E-state index contributed by atoms with van der Waals surface area (Å²) < 4.78 is 5.82. The maximum Gasteiger partial charge on any atom is 0.232 e. The van der Waals surface area contributed by atoms with Crippen molar-refractivity contribution in [1.82, 2.24) is 14.9 Å². The van der Waals surface area contributed by atoms with Gasteiger partial charge in [-0.15, -0.1) is 0 Å². The van der Waals surface area contributed by atoms with Gasteiger partial charge in [0, 0.05) is 31.0 Å². The summed E-state index contributed by atoms with van der Waals surface area (Å²) in [4.78, 5) is 10.7. The van der Waals surface area contributed by atoms with Crippen molar-refractivity contribution in [2.75, 3.05) is 13.1 Å². The summed E-state index contributed by atoms with van der Waals surface area (Å²) in [5.74, 6) is 0.640. The van der Waals surface area contributed by atoms with Crippen LogP contribution < -0.4 is 4.74 Å². The van der Waals surface area contributed by atoms with Gasteiger partial charge in [-0.3, -0.25) is 9.88 Å². The molecule has 94 valence electrons. The van der Waals surface area contributed by atoms with Crippen molar-refractivity contribution in [3.63, 3.8) is 0 Å². The zero-order chi connectivity index (χ0) is 12.3. The first kappa shape index (κ1) is 12.3. The van der Waals surface area contributed by atoms with Gasteiger partial charge < -0.3 is 4.74 Å². The third kappa shape index (κ3) is 3.40. The Labute approximate surface area is 103 Å². The molecule has 0 bridgehead atoms. The summed E-state index contributed by atoms with van der Waals surface area (Å²) in [6.45, 7) is 8.97. The highest BCUT2D eigenvalue weighted by Crippen LogP contribution is 2.22. The molecule has 1 aliphatic heterocycles. The summed E-state index contributed by atoms with van der Waals surface area (Å²) in [6, 6.07) is 0. The Balaban J connectivity index is 1.84. The van der Waals surface area contributed by atoms with Gasteiger partial charge in [0.25, 0.3) is 0 Å². The van der Waals surface area contributed by atoms with Gasteiger partial charge in [0.15, 0.2) is 0 Å². The number of aromatic nitrogens is 2. The number of likely N-dealkylation sites (tertiary alicyclic amines) is 1. The zero-order valence-electron chi connectivity index (χ0n) is 10.9. The molecule has 1 aromatic rings. The van der Waals surface area contributed by atoms with E-state index in [1.54, 1.807) is 18.6 Å². The Hall–Kier alpha value is -1.16. The fourth-order valence-corrected chi connectivity index (χ4v) is 2.16. The lowest BCUT2D eigenvalue weighted by Gasteiger charge is -2.40. The van der Waals surface area contributed by atoms with Crippen molar-refractivity contribution >= 4 is 0 Å². The van der Waals surface area contributed by atoms with Crippen molar-refractivity contribution in [2.45, 2.75) is 45.3 Å². The van der Waals surface area contributed by atoms with E-state index in [0.29, 0.717) is 5.88 Å². The molecule has 2 heterocycles. The molecule has 0 unspecified atom stereocenters.